The van der Waals surface area contributed by atoms with Crippen molar-refractivity contribution in [3.8, 4) is 5.75 Å². The number of rotatable bonds is 4. The number of pyridine rings is 1. The molecule has 0 spiro atoms. The summed E-state index contributed by atoms with van der Waals surface area (Å²) in [6.45, 7) is 1.87. The molecule has 3 nitrogen and oxygen atoms in total. The normalized spacial score (nSPS) is 13.9. The fourth-order valence-corrected chi connectivity index (χ4v) is 2.23. The Morgan fingerprint density at radius 2 is 1.84 bits per heavy atom. The van der Waals surface area contributed by atoms with Crippen LogP contribution in [-0.4, -0.2) is 11.0 Å². The summed E-state index contributed by atoms with van der Waals surface area (Å²) in [5.74, 6) is 0.574. The third kappa shape index (κ3) is 3.83. The minimum absolute atomic E-state index is 0.215. The van der Waals surface area contributed by atoms with E-state index in [1.54, 1.807) is 24.4 Å². The first-order valence-electron chi connectivity index (χ1n) is 5.85. The van der Waals surface area contributed by atoms with E-state index >= 15 is 0 Å². The van der Waals surface area contributed by atoms with Gasteiger partial charge in [0.2, 0.25) is 0 Å². The van der Waals surface area contributed by atoms with Crippen LogP contribution in [-0.2, 0) is 0 Å². The van der Waals surface area contributed by atoms with E-state index in [1.165, 1.54) is 0 Å². The summed E-state index contributed by atoms with van der Waals surface area (Å²) < 4.78 is 5.87. The third-order valence-corrected chi connectivity index (χ3v) is 2.99. The van der Waals surface area contributed by atoms with Crippen LogP contribution in [0.3, 0.4) is 0 Å². The summed E-state index contributed by atoms with van der Waals surface area (Å²) in [6, 6.07) is 10.5. The van der Waals surface area contributed by atoms with E-state index in [4.69, 9.17) is 33.7 Å². The fourth-order valence-electron chi connectivity index (χ4n) is 1.72. The number of nitrogens with two attached hydrogens (primary N) is 1. The SMILES string of the molecule is CC(N)C(Oc1cc(Cl)cc(Cl)c1)c1ccccn1. The minimum Gasteiger partial charge on any atom is -0.482 e. The maximum Gasteiger partial charge on any atom is 0.155 e. The van der Waals surface area contributed by atoms with Gasteiger partial charge in [0.15, 0.2) is 6.10 Å². The molecule has 0 aliphatic rings. The van der Waals surface area contributed by atoms with Gasteiger partial charge in [-0.15, -0.1) is 0 Å². The average Bonchev–Trinajstić information content (AvgIpc) is 2.35. The van der Waals surface area contributed by atoms with Gasteiger partial charge in [-0.1, -0.05) is 29.3 Å². The number of halogens is 2. The molecule has 1 aromatic carbocycles. The number of ether oxygens (including phenoxy) is 1. The lowest BCUT2D eigenvalue weighted by Crippen LogP contribution is -2.29. The first kappa shape index (κ1) is 14.1. The summed E-state index contributed by atoms with van der Waals surface area (Å²) in [7, 11) is 0. The van der Waals surface area contributed by atoms with E-state index in [-0.39, 0.29) is 12.1 Å². The molecule has 5 heteroatoms. The average molecular weight is 297 g/mol. The number of aromatic nitrogens is 1. The lowest BCUT2D eigenvalue weighted by atomic mass is 10.1. The second-order valence-electron chi connectivity index (χ2n) is 4.26. The molecule has 19 heavy (non-hydrogen) atoms. The van der Waals surface area contributed by atoms with Crippen molar-refractivity contribution >= 4 is 23.2 Å². The van der Waals surface area contributed by atoms with Gasteiger partial charge in [-0.25, -0.2) is 0 Å². The number of hydrogen-bond donors (Lipinski definition) is 1. The van der Waals surface area contributed by atoms with Gasteiger partial charge < -0.3 is 10.5 Å². The van der Waals surface area contributed by atoms with Crippen LogP contribution in [0.4, 0.5) is 0 Å². The predicted octanol–water partition coefficient (Wildman–Crippen LogP) is 3.86. The van der Waals surface area contributed by atoms with Crippen LogP contribution < -0.4 is 10.5 Å². The van der Waals surface area contributed by atoms with Crippen molar-refractivity contribution in [1.82, 2.24) is 4.98 Å². The zero-order valence-corrected chi connectivity index (χ0v) is 11.9. The highest BCUT2D eigenvalue weighted by Gasteiger charge is 2.19. The Hall–Kier alpha value is -1.29. The molecule has 1 heterocycles. The van der Waals surface area contributed by atoms with Crippen LogP contribution in [0.15, 0.2) is 42.6 Å². The molecule has 0 saturated carbocycles. The number of benzene rings is 1. The molecule has 0 saturated heterocycles. The quantitative estimate of drug-likeness (QED) is 0.932. The molecule has 0 aliphatic heterocycles. The van der Waals surface area contributed by atoms with Crippen molar-refractivity contribution in [3.63, 3.8) is 0 Å². The molecule has 2 atom stereocenters. The highest BCUT2D eigenvalue weighted by molar-refractivity contribution is 6.34. The molecule has 0 radical (unpaired) electrons. The van der Waals surface area contributed by atoms with Crippen LogP contribution in [0.2, 0.25) is 10.0 Å². The number of hydrogen-bond acceptors (Lipinski definition) is 3. The van der Waals surface area contributed by atoms with Crippen LogP contribution in [0.25, 0.3) is 0 Å². The van der Waals surface area contributed by atoms with Gasteiger partial charge in [-0.2, -0.15) is 0 Å². The summed E-state index contributed by atoms with van der Waals surface area (Å²) in [5, 5.41) is 1.04. The Morgan fingerprint density at radius 3 is 2.37 bits per heavy atom. The minimum atomic E-state index is -0.351. The van der Waals surface area contributed by atoms with Crippen molar-refractivity contribution in [2.45, 2.75) is 19.1 Å². The standard InChI is InChI=1S/C14H14Cl2N2O/c1-9(17)14(13-4-2-3-5-18-13)19-12-7-10(15)6-11(16)8-12/h2-9,14H,17H2,1H3. The molecular weight excluding hydrogens is 283 g/mol. The first-order chi connectivity index (χ1) is 9.06. The third-order valence-electron chi connectivity index (χ3n) is 2.56. The summed E-state index contributed by atoms with van der Waals surface area (Å²) in [6.07, 6.45) is 1.36. The topological polar surface area (TPSA) is 48.1 Å². The van der Waals surface area contributed by atoms with E-state index < -0.39 is 0 Å². The van der Waals surface area contributed by atoms with Gasteiger partial charge in [0.25, 0.3) is 0 Å². The molecule has 1 aromatic heterocycles. The van der Waals surface area contributed by atoms with Gasteiger partial charge in [-0.05, 0) is 37.3 Å². The Morgan fingerprint density at radius 1 is 1.16 bits per heavy atom. The molecule has 0 amide bonds. The van der Waals surface area contributed by atoms with Gasteiger partial charge in [0.1, 0.15) is 5.75 Å². The van der Waals surface area contributed by atoms with Crippen LogP contribution in [0, 0.1) is 0 Å². The summed E-state index contributed by atoms with van der Waals surface area (Å²) in [5.41, 5.74) is 6.73. The molecule has 0 fully saturated rings. The van der Waals surface area contributed by atoms with Crippen molar-refractivity contribution in [2.75, 3.05) is 0 Å². The maximum atomic E-state index is 5.96. The van der Waals surface area contributed by atoms with E-state index in [0.29, 0.717) is 15.8 Å². The summed E-state index contributed by atoms with van der Waals surface area (Å²) >= 11 is 11.9. The van der Waals surface area contributed by atoms with Gasteiger partial charge in [-0.3, -0.25) is 4.98 Å². The first-order valence-corrected chi connectivity index (χ1v) is 6.61. The van der Waals surface area contributed by atoms with Crippen LogP contribution >= 0.6 is 23.2 Å². The second-order valence-corrected chi connectivity index (χ2v) is 5.13. The monoisotopic (exact) mass is 296 g/mol. The highest BCUT2D eigenvalue weighted by Crippen LogP contribution is 2.28. The predicted molar refractivity (Wildman–Crippen MR) is 77.7 cm³/mol. The van der Waals surface area contributed by atoms with Crippen molar-refractivity contribution in [2.24, 2.45) is 5.73 Å². The Labute approximate surface area is 122 Å². The Kier molecular flexibility index (Phi) is 4.64. The zero-order valence-electron chi connectivity index (χ0n) is 10.4. The van der Waals surface area contributed by atoms with Crippen LogP contribution in [0.1, 0.15) is 18.7 Å². The van der Waals surface area contributed by atoms with Crippen molar-refractivity contribution in [3.05, 3.63) is 58.3 Å². The van der Waals surface area contributed by atoms with Gasteiger partial charge in [0, 0.05) is 22.3 Å². The van der Waals surface area contributed by atoms with E-state index in [9.17, 15) is 0 Å². The second kappa shape index (κ2) is 6.24. The molecule has 2 unspecified atom stereocenters. The molecular formula is C14H14Cl2N2O. The summed E-state index contributed by atoms with van der Waals surface area (Å²) in [4.78, 5) is 4.27. The van der Waals surface area contributed by atoms with Gasteiger partial charge in [0.05, 0.1) is 5.69 Å². The molecule has 2 aromatic rings. The van der Waals surface area contributed by atoms with Crippen molar-refractivity contribution in [1.29, 1.82) is 0 Å². The molecule has 2 N–H and O–H groups in total. The molecule has 0 bridgehead atoms. The zero-order chi connectivity index (χ0) is 13.8. The largest absolute Gasteiger partial charge is 0.482 e. The lowest BCUT2D eigenvalue weighted by molar-refractivity contribution is 0.176. The lowest BCUT2D eigenvalue weighted by Gasteiger charge is -2.22. The molecule has 0 aliphatic carbocycles. The van der Waals surface area contributed by atoms with E-state index in [2.05, 4.69) is 4.98 Å². The number of nitrogens with zero attached hydrogens (tertiary/aromatic N) is 1. The molecule has 2 rings (SSSR count). The van der Waals surface area contributed by atoms with Crippen LogP contribution in [0.5, 0.6) is 5.75 Å². The van der Waals surface area contributed by atoms with E-state index in [0.717, 1.165) is 5.69 Å². The fraction of sp³-hybridized carbons (Fsp3) is 0.214. The maximum absolute atomic E-state index is 5.96. The highest BCUT2D eigenvalue weighted by atomic mass is 35.5. The smallest absolute Gasteiger partial charge is 0.155 e. The Bertz CT molecular complexity index is 526. The van der Waals surface area contributed by atoms with Crippen molar-refractivity contribution < 1.29 is 4.74 Å². The Balaban J connectivity index is 2.27. The van der Waals surface area contributed by atoms with Gasteiger partial charge >= 0.3 is 0 Å². The van der Waals surface area contributed by atoms with E-state index in [1.807, 2.05) is 25.1 Å². The molecule has 100 valence electrons.